The van der Waals surface area contributed by atoms with Gasteiger partial charge in [-0.2, -0.15) is 0 Å². The van der Waals surface area contributed by atoms with E-state index in [0.717, 1.165) is 27.1 Å². The summed E-state index contributed by atoms with van der Waals surface area (Å²) in [6.07, 6.45) is 3.10. The molecule has 1 aromatic carbocycles. The van der Waals surface area contributed by atoms with Gasteiger partial charge in [-0.05, 0) is 49.1 Å². The zero-order chi connectivity index (χ0) is 22.2. The SMILES string of the molecule is COC(=O)CCC1N=C(c2ccccn2)c2cc(Br)ccc2NC1=NCC(C)CCO. The summed E-state index contributed by atoms with van der Waals surface area (Å²) in [6, 6.07) is 11.3. The number of nitrogens with zero attached hydrogens (tertiary/aromatic N) is 3. The molecule has 2 unspecified atom stereocenters. The molecule has 1 aromatic heterocycles. The molecule has 1 aliphatic heterocycles. The lowest BCUT2D eigenvalue weighted by atomic mass is 10.0. The van der Waals surface area contributed by atoms with E-state index in [2.05, 4.69) is 26.2 Å². The molecular formula is C23H27BrN4O3. The van der Waals surface area contributed by atoms with E-state index in [-0.39, 0.29) is 31.0 Å². The van der Waals surface area contributed by atoms with Crippen molar-refractivity contribution in [3.05, 3.63) is 58.3 Å². The Morgan fingerprint density at radius 3 is 2.90 bits per heavy atom. The molecule has 0 aliphatic carbocycles. The number of halogens is 1. The van der Waals surface area contributed by atoms with E-state index in [4.69, 9.17) is 14.7 Å². The van der Waals surface area contributed by atoms with Crippen molar-refractivity contribution in [2.45, 2.75) is 32.2 Å². The first-order valence-electron chi connectivity index (χ1n) is 10.3. The Kier molecular flexibility index (Phi) is 8.31. The molecule has 2 heterocycles. The largest absolute Gasteiger partial charge is 0.469 e. The number of pyridine rings is 1. The van der Waals surface area contributed by atoms with Gasteiger partial charge in [0.25, 0.3) is 0 Å². The molecule has 0 bridgehead atoms. The molecular weight excluding hydrogens is 460 g/mol. The summed E-state index contributed by atoms with van der Waals surface area (Å²) < 4.78 is 5.76. The third kappa shape index (κ3) is 6.21. The van der Waals surface area contributed by atoms with Crippen molar-refractivity contribution in [3.63, 3.8) is 0 Å². The number of hydrogen-bond donors (Lipinski definition) is 2. The molecule has 0 saturated carbocycles. The number of aliphatic imine (C=N–C) groups is 2. The van der Waals surface area contributed by atoms with Gasteiger partial charge in [0.05, 0.1) is 18.5 Å². The van der Waals surface area contributed by atoms with Crippen molar-refractivity contribution in [1.29, 1.82) is 0 Å². The van der Waals surface area contributed by atoms with Crippen molar-refractivity contribution in [1.82, 2.24) is 4.98 Å². The van der Waals surface area contributed by atoms with Crippen molar-refractivity contribution < 1.29 is 14.6 Å². The van der Waals surface area contributed by atoms with Crippen molar-refractivity contribution in [2.24, 2.45) is 15.9 Å². The van der Waals surface area contributed by atoms with Crippen LogP contribution in [0.3, 0.4) is 0 Å². The Hall–Kier alpha value is -2.58. The predicted octanol–water partition coefficient (Wildman–Crippen LogP) is 3.85. The molecule has 0 radical (unpaired) electrons. The molecule has 2 N–H and O–H groups in total. The highest BCUT2D eigenvalue weighted by Gasteiger charge is 2.26. The monoisotopic (exact) mass is 486 g/mol. The molecule has 7 nitrogen and oxygen atoms in total. The lowest BCUT2D eigenvalue weighted by Gasteiger charge is -2.17. The fourth-order valence-electron chi connectivity index (χ4n) is 3.30. The number of benzodiazepines with no additional fused rings is 1. The van der Waals surface area contributed by atoms with E-state index in [0.29, 0.717) is 25.2 Å². The number of amidine groups is 1. The van der Waals surface area contributed by atoms with Crippen LogP contribution in [0.15, 0.2) is 57.1 Å². The van der Waals surface area contributed by atoms with E-state index < -0.39 is 0 Å². The first kappa shape index (κ1) is 23.1. The van der Waals surface area contributed by atoms with Crippen molar-refractivity contribution >= 4 is 39.1 Å². The summed E-state index contributed by atoms with van der Waals surface area (Å²) in [5.41, 5.74) is 3.28. The summed E-state index contributed by atoms with van der Waals surface area (Å²) in [7, 11) is 1.38. The average Bonchev–Trinajstić information content (AvgIpc) is 2.93. The quantitative estimate of drug-likeness (QED) is 0.552. The highest BCUT2D eigenvalue weighted by Crippen LogP contribution is 2.28. The number of ether oxygens (including phenoxy) is 1. The van der Waals surface area contributed by atoms with E-state index in [1.807, 2.05) is 43.3 Å². The minimum absolute atomic E-state index is 0.129. The van der Waals surface area contributed by atoms with E-state index in [9.17, 15) is 9.90 Å². The number of methoxy groups -OCH3 is 1. The number of nitrogens with one attached hydrogen (secondary N) is 1. The molecule has 0 fully saturated rings. The molecule has 3 rings (SSSR count). The number of aliphatic hydroxyl groups excluding tert-OH is 1. The molecule has 1 aliphatic rings. The highest BCUT2D eigenvalue weighted by molar-refractivity contribution is 9.10. The van der Waals surface area contributed by atoms with Crippen LogP contribution in [0.4, 0.5) is 5.69 Å². The Bertz CT molecular complexity index is 963. The van der Waals surface area contributed by atoms with Gasteiger partial charge < -0.3 is 15.2 Å². The Labute approximate surface area is 190 Å². The third-order valence-electron chi connectivity index (χ3n) is 5.05. The lowest BCUT2D eigenvalue weighted by molar-refractivity contribution is -0.140. The zero-order valence-electron chi connectivity index (χ0n) is 17.7. The predicted molar refractivity (Wildman–Crippen MR) is 126 cm³/mol. The number of aliphatic hydroxyl groups is 1. The summed E-state index contributed by atoms with van der Waals surface area (Å²) in [5, 5.41) is 12.7. The van der Waals surface area contributed by atoms with Crippen LogP contribution < -0.4 is 5.32 Å². The number of carbonyl (C=O) groups is 1. The van der Waals surface area contributed by atoms with Gasteiger partial charge in [0.1, 0.15) is 11.9 Å². The minimum atomic E-state index is -0.358. The van der Waals surface area contributed by atoms with Gasteiger partial charge in [0.2, 0.25) is 0 Å². The zero-order valence-corrected chi connectivity index (χ0v) is 19.3. The lowest BCUT2D eigenvalue weighted by Crippen LogP contribution is -2.28. The fraction of sp³-hybridized carbons (Fsp3) is 0.391. The van der Waals surface area contributed by atoms with Gasteiger partial charge in [0, 0.05) is 41.5 Å². The molecule has 164 valence electrons. The van der Waals surface area contributed by atoms with Gasteiger partial charge in [-0.3, -0.25) is 19.8 Å². The minimum Gasteiger partial charge on any atom is -0.469 e. The summed E-state index contributed by atoms with van der Waals surface area (Å²) in [4.78, 5) is 26.2. The second-order valence-corrected chi connectivity index (χ2v) is 8.40. The smallest absolute Gasteiger partial charge is 0.305 e. The maximum atomic E-state index is 11.8. The molecule has 8 heteroatoms. The molecule has 2 atom stereocenters. The van der Waals surface area contributed by atoms with E-state index >= 15 is 0 Å². The first-order valence-corrected chi connectivity index (χ1v) is 11.1. The standard InChI is InChI=1S/C23H27BrN4O3/c1-15(10-12-29)14-26-23-20(8-9-21(30)31-2)27-22(19-5-3-4-11-25-19)17-13-16(24)6-7-18(17)28-23/h3-7,11,13,15,20,29H,8-10,12,14H2,1-2H3,(H,26,28). The van der Waals surface area contributed by atoms with Crippen LogP contribution in [-0.4, -0.2) is 53.9 Å². The second-order valence-electron chi connectivity index (χ2n) is 7.48. The number of hydrogen-bond acceptors (Lipinski definition) is 6. The topological polar surface area (TPSA) is 96.2 Å². The number of esters is 1. The van der Waals surface area contributed by atoms with Crippen molar-refractivity contribution in [2.75, 3.05) is 25.6 Å². The van der Waals surface area contributed by atoms with Crippen LogP contribution in [0.25, 0.3) is 0 Å². The number of fused-ring (bicyclic) bond motifs is 1. The number of rotatable bonds is 8. The molecule has 0 saturated heterocycles. The highest BCUT2D eigenvalue weighted by atomic mass is 79.9. The number of anilines is 1. The van der Waals surface area contributed by atoms with Crippen molar-refractivity contribution in [3.8, 4) is 0 Å². The summed E-state index contributed by atoms with van der Waals surface area (Å²) >= 11 is 3.55. The van der Waals surface area contributed by atoms with Gasteiger partial charge >= 0.3 is 5.97 Å². The summed E-state index contributed by atoms with van der Waals surface area (Å²) in [5.74, 6) is 0.641. The first-order chi connectivity index (χ1) is 15.0. The van der Waals surface area contributed by atoms with Crippen LogP contribution in [0.2, 0.25) is 0 Å². The Morgan fingerprint density at radius 1 is 1.35 bits per heavy atom. The van der Waals surface area contributed by atoms with Gasteiger partial charge in [-0.25, -0.2) is 0 Å². The molecule has 0 spiro atoms. The molecule has 2 aromatic rings. The van der Waals surface area contributed by atoms with Crippen LogP contribution in [0.5, 0.6) is 0 Å². The number of benzene rings is 1. The third-order valence-corrected chi connectivity index (χ3v) is 5.55. The van der Waals surface area contributed by atoms with Gasteiger partial charge in [0.15, 0.2) is 0 Å². The van der Waals surface area contributed by atoms with Crippen LogP contribution in [-0.2, 0) is 9.53 Å². The number of aromatic nitrogens is 1. The average molecular weight is 487 g/mol. The van der Waals surface area contributed by atoms with Crippen LogP contribution in [0.1, 0.15) is 37.4 Å². The maximum Gasteiger partial charge on any atom is 0.305 e. The van der Waals surface area contributed by atoms with Crippen LogP contribution in [0, 0.1) is 5.92 Å². The maximum absolute atomic E-state index is 11.8. The fourth-order valence-corrected chi connectivity index (χ4v) is 3.67. The Balaban J connectivity index is 2.06. The normalized spacial score (nSPS) is 17.9. The summed E-state index contributed by atoms with van der Waals surface area (Å²) in [6.45, 7) is 2.73. The Morgan fingerprint density at radius 2 is 2.19 bits per heavy atom. The van der Waals surface area contributed by atoms with E-state index in [1.54, 1.807) is 6.20 Å². The second kappa shape index (κ2) is 11.2. The van der Waals surface area contributed by atoms with Gasteiger partial charge in [-0.15, -0.1) is 0 Å². The van der Waals surface area contributed by atoms with Crippen LogP contribution >= 0.6 is 15.9 Å². The molecule has 0 amide bonds. The van der Waals surface area contributed by atoms with E-state index in [1.165, 1.54) is 7.11 Å². The number of carbonyl (C=O) groups excluding carboxylic acids is 1. The van der Waals surface area contributed by atoms with Gasteiger partial charge in [-0.1, -0.05) is 28.9 Å². The molecule has 31 heavy (non-hydrogen) atoms.